The van der Waals surface area contributed by atoms with E-state index in [0.29, 0.717) is 0 Å². The largest absolute Gasteiger partial charge is 0.0622 e. The van der Waals surface area contributed by atoms with Gasteiger partial charge in [-0.25, -0.2) is 0 Å². The average Bonchev–Trinajstić information content (AvgIpc) is 0.731. The van der Waals surface area contributed by atoms with Crippen LogP contribution in [0.5, 0.6) is 0 Å². The van der Waals surface area contributed by atoms with E-state index in [1.54, 1.807) is 0 Å². The molecular formula is C120H92. The summed E-state index contributed by atoms with van der Waals surface area (Å²) >= 11 is 0. The monoisotopic (exact) mass is 1530 g/mol. The minimum absolute atomic E-state index is 1.27. The molecule has 0 aliphatic heterocycles. The molecule has 0 N–H and O–H groups in total. The third-order valence-corrected chi connectivity index (χ3v) is 23.8. The number of hydrogen-bond acceptors (Lipinski definition) is 0. The number of hydrogen-bond donors (Lipinski definition) is 0. The van der Waals surface area contributed by atoms with Gasteiger partial charge in [0.25, 0.3) is 0 Å². The van der Waals surface area contributed by atoms with Gasteiger partial charge in [-0.1, -0.05) is 430 Å². The molecule has 0 bridgehead atoms. The first kappa shape index (κ1) is 76.5. The standard InChI is InChI=1S/2C27H20.C21H16.3C15H12/c1-19-11-10-18-24-25(19)27(21-14-6-3-7-15-21)23-17-9-8-16-22(23)26(24)20-12-4-2-5-13-20;1-19-16-17-24-25(18-19)27(21-12-6-3-7-13-21)23-15-9-8-14-22(23)26(24)20-10-4-2-5-11-20;1-15-17-11-5-7-13-19(17)21(16-9-3-2-4-10-16)20-14-8-6-12-18(15)20;1-11-14-8-4-2-6-12(14)10-13-7-3-5-9-15(11)13;1-11-5-4-8-14-9-12-6-2-3-7-13(12)10-15(11)14;1-11-6-7-14-9-12-4-2-3-5-13(12)10-15(14)8-11/h2*2-18H,1H3;2-14H,1H3;3*2-10H,1H3. The van der Waals surface area contributed by atoms with Crippen molar-refractivity contribution in [3.05, 3.63) is 482 Å². The van der Waals surface area contributed by atoms with E-state index in [1.807, 2.05) is 0 Å². The van der Waals surface area contributed by atoms with Crippen molar-refractivity contribution in [1.82, 2.24) is 0 Å². The van der Waals surface area contributed by atoms with Crippen LogP contribution < -0.4 is 0 Å². The highest BCUT2D eigenvalue weighted by Crippen LogP contribution is 2.47. The molecule has 0 saturated heterocycles. The van der Waals surface area contributed by atoms with E-state index >= 15 is 0 Å². The van der Waals surface area contributed by atoms with Crippen molar-refractivity contribution in [1.29, 1.82) is 0 Å². The summed E-state index contributed by atoms with van der Waals surface area (Å²) in [6, 6.07) is 161. The van der Waals surface area contributed by atoms with Crippen LogP contribution in [0.3, 0.4) is 0 Å². The van der Waals surface area contributed by atoms with Crippen LogP contribution >= 0.6 is 0 Å². The topological polar surface area (TPSA) is 0 Å². The Labute approximate surface area is 703 Å². The van der Waals surface area contributed by atoms with Crippen molar-refractivity contribution in [3.8, 4) is 55.6 Å². The Hall–Kier alpha value is -14.8. The molecule has 0 spiro atoms. The van der Waals surface area contributed by atoms with Gasteiger partial charge < -0.3 is 0 Å². The molecule has 23 rings (SSSR count). The summed E-state index contributed by atoms with van der Waals surface area (Å²) in [7, 11) is 0. The van der Waals surface area contributed by atoms with Crippen LogP contribution in [0.1, 0.15) is 33.4 Å². The molecule has 0 unspecified atom stereocenters. The summed E-state index contributed by atoms with van der Waals surface area (Å²) in [5.41, 5.74) is 21.0. The Kier molecular flexibility index (Phi) is 22.0. The van der Waals surface area contributed by atoms with Crippen LogP contribution in [0, 0.1) is 41.5 Å². The molecule has 0 aromatic heterocycles. The maximum absolute atomic E-state index is 2.33. The summed E-state index contributed by atoms with van der Waals surface area (Å²) in [5.74, 6) is 0. The predicted octanol–water partition coefficient (Wildman–Crippen LogP) is 34.1. The first-order valence-corrected chi connectivity index (χ1v) is 41.8. The Balaban J connectivity index is 0.000000101. The van der Waals surface area contributed by atoms with Crippen LogP contribution in [0.25, 0.3) is 185 Å². The van der Waals surface area contributed by atoms with Crippen molar-refractivity contribution in [2.45, 2.75) is 41.5 Å². The normalized spacial score (nSPS) is 11.1. The molecule has 0 atom stereocenters. The Bertz CT molecular complexity index is 7460. The van der Waals surface area contributed by atoms with Gasteiger partial charge in [0, 0.05) is 0 Å². The van der Waals surface area contributed by atoms with Crippen LogP contribution in [0.4, 0.5) is 0 Å². The van der Waals surface area contributed by atoms with E-state index in [2.05, 4.69) is 490 Å². The molecule has 0 aliphatic carbocycles. The molecule has 23 aromatic carbocycles. The number of fused-ring (bicyclic) bond motifs is 12. The molecule has 0 amide bonds. The van der Waals surface area contributed by atoms with Gasteiger partial charge in [-0.2, -0.15) is 0 Å². The van der Waals surface area contributed by atoms with E-state index in [-0.39, 0.29) is 0 Å². The summed E-state index contributed by atoms with van der Waals surface area (Å²) in [6.45, 7) is 13.1. The summed E-state index contributed by atoms with van der Waals surface area (Å²) < 4.78 is 0. The second kappa shape index (κ2) is 34.5. The molecule has 572 valence electrons. The van der Waals surface area contributed by atoms with E-state index in [1.165, 1.54) is 218 Å². The Morgan fingerprint density at radius 2 is 0.383 bits per heavy atom. The van der Waals surface area contributed by atoms with E-state index in [9.17, 15) is 0 Å². The maximum Gasteiger partial charge on any atom is -0.00237 e. The fraction of sp³-hybridized carbons (Fsp3) is 0.0500. The van der Waals surface area contributed by atoms with Gasteiger partial charge in [0.15, 0.2) is 0 Å². The van der Waals surface area contributed by atoms with Crippen LogP contribution in [0.15, 0.2) is 449 Å². The van der Waals surface area contributed by atoms with Gasteiger partial charge in [-0.15, -0.1) is 0 Å². The lowest BCUT2D eigenvalue weighted by atomic mass is 9.84. The van der Waals surface area contributed by atoms with Crippen molar-refractivity contribution in [2.24, 2.45) is 0 Å². The summed E-state index contributed by atoms with van der Waals surface area (Å²) in [6.07, 6.45) is 0. The number of aryl methyl sites for hydroxylation is 6. The molecule has 0 fully saturated rings. The molecule has 0 heteroatoms. The zero-order valence-corrected chi connectivity index (χ0v) is 68.7. The van der Waals surface area contributed by atoms with Crippen LogP contribution in [-0.2, 0) is 0 Å². The van der Waals surface area contributed by atoms with E-state index in [0.717, 1.165) is 0 Å². The van der Waals surface area contributed by atoms with E-state index in [4.69, 9.17) is 0 Å². The third-order valence-electron chi connectivity index (χ3n) is 23.8. The highest BCUT2D eigenvalue weighted by Gasteiger charge is 2.20. The van der Waals surface area contributed by atoms with Crippen molar-refractivity contribution in [2.75, 3.05) is 0 Å². The minimum Gasteiger partial charge on any atom is -0.0622 e. The molecule has 0 saturated carbocycles. The predicted molar refractivity (Wildman–Crippen MR) is 524 cm³/mol. The zero-order valence-electron chi connectivity index (χ0n) is 68.7. The zero-order chi connectivity index (χ0) is 81.4. The molecule has 120 heavy (non-hydrogen) atoms. The quantitative estimate of drug-likeness (QED) is 0.151. The highest BCUT2D eigenvalue weighted by atomic mass is 14.2. The lowest BCUT2D eigenvalue weighted by molar-refractivity contribution is 1.51. The van der Waals surface area contributed by atoms with Gasteiger partial charge in [-0.3, -0.25) is 0 Å². The Morgan fingerprint density at radius 1 is 0.125 bits per heavy atom. The SMILES string of the molecule is Cc1c2ccccc2c(-c2ccccc2)c2ccccc12.Cc1c2ccccc2cc2ccccc12.Cc1ccc2c(-c3ccccc3)c3ccccc3c(-c3ccccc3)c2c1.Cc1ccc2cc3ccccc3cc2c1.Cc1cccc2c(-c3ccccc3)c3ccccc3c(-c3ccccc3)c12.Cc1cccc2cc3ccccc3cc12. The van der Waals surface area contributed by atoms with Gasteiger partial charge in [0.05, 0.1) is 0 Å². The number of rotatable bonds is 5. The first-order valence-electron chi connectivity index (χ1n) is 41.8. The smallest absolute Gasteiger partial charge is 0.00237 e. The lowest BCUT2D eigenvalue weighted by Crippen LogP contribution is -1.92. The van der Waals surface area contributed by atoms with Crippen LogP contribution in [0.2, 0.25) is 0 Å². The average molecular weight is 1530 g/mol. The van der Waals surface area contributed by atoms with Crippen molar-refractivity contribution in [3.63, 3.8) is 0 Å². The first-order chi connectivity index (χ1) is 59.1. The fourth-order valence-corrected chi connectivity index (χ4v) is 18.0. The van der Waals surface area contributed by atoms with Crippen molar-refractivity contribution >= 4 is 129 Å². The summed E-state index contributed by atoms with van der Waals surface area (Å²) in [5, 5.41) is 31.8. The van der Waals surface area contributed by atoms with Crippen LogP contribution in [-0.4, -0.2) is 0 Å². The Morgan fingerprint density at radius 3 is 0.842 bits per heavy atom. The fourth-order valence-electron chi connectivity index (χ4n) is 18.0. The maximum atomic E-state index is 2.33. The van der Waals surface area contributed by atoms with E-state index < -0.39 is 0 Å². The lowest BCUT2D eigenvalue weighted by Gasteiger charge is -2.19. The van der Waals surface area contributed by atoms with Crippen molar-refractivity contribution < 1.29 is 0 Å². The highest BCUT2D eigenvalue weighted by molar-refractivity contribution is 6.24. The molecular weight excluding hydrogens is 1440 g/mol. The minimum atomic E-state index is 1.27. The third kappa shape index (κ3) is 15.6. The molecule has 0 heterocycles. The second-order valence-corrected chi connectivity index (χ2v) is 31.5. The second-order valence-electron chi connectivity index (χ2n) is 31.5. The molecule has 0 radical (unpaired) electrons. The van der Waals surface area contributed by atoms with Gasteiger partial charge in [0.1, 0.15) is 0 Å². The molecule has 0 nitrogen and oxygen atoms in total. The van der Waals surface area contributed by atoms with Gasteiger partial charge in [0.2, 0.25) is 0 Å². The molecule has 0 aliphatic rings. The van der Waals surface area contributed by atoms with Gasteiger partial charge >= 0.3 is 0 Å². The summed E-state index contributed by atoms with van der Waals surface area (Å²) in [4.78, 5) is 0. The number of benzene rings is 23. The van der Waals surface area contributed by atoms with Gasteiger partial charge in [-0.05, 0) is 279 Å². The molecule has 23 aromatic rings.